The van der Waals surface area contributed by atoms with Gasteiger partial charge in [0.25, 0.3) is 11.7 Å². The maximum atomic E-state index is 12.7. The molecule has 6 nitrogen and oxygen atoms in total. The molecule has 0 saturated carbocycles. The van der Waals surface area contributed by atoms with Gasteiger partial charge in [0.2, 0.25) is 0 Å². The van der Waals surface area contributed by atoms with Crippen LogP contribution in [0, 0.1) is 0 Å². The normalized spacial score (nSPS) is 17.3. The van der Waals surface area contributed by atoms with Crippen LogP contribution >= 0.6 is 0 Å². The van der Waals surface area contributed by atoms with Gasteiger partial charge in [0, 0.05) is 16.7 Å². The number of carbonyl (C=O) groups is 5. The molecule has 1 aliphatic heterocycles. The number of hydrogen-bond donors (Lipinski definition) is 0. The maximum Gasteiger partial charge on any atom is 0.302 e. The second-order valence-corrected chi connectivity index (χ2v) is 5.53. The zero-order valence-corrected chi connectivity index (χ0v) is 12.2. The molecule has 0 bridgehead atoms. The monoisotopic (exact) mass is 319 g/mol. The molecule has 2 aromatic carbocycles. The van der Waals surface area contributed by atoms with Crippen molar-refractivity contribution < 1.29 is 24.0 Å². The van der Waals surface area contributed by atoms with Gasteiger partial charge in [-0.3, -0.25) is 28.9 Å². The molecule has 0 unspecified atom stereocenters. The quantitative estimate of drug-likeness (QED) is 0.449. The van der Waals surface area contributed by atoms with Gasteiger partial charge in [-0.1, -0.05) is 42.5 Å². The Kier molecular flexibility index (Phi) is 2.83. The van der Waals surface area contributed by atoms with Crippen molar-refractivity contribution in [1.29, 1.82) is 0 Å². The van der Waals surface area contributed by atoms with Crippen LogP contribution in [0.15, 0.2) is 48.5 Å². The van der Waals surface area contributed by atoms with Gasteiger partial charge in [-0.2, -0.15) is 0 Å². The molecule has 1 aliphatic carbocycles. The van der Waals surface area contributed by atoms with Crippen molar-refractivity contribution in [2.75, 3.05) is 0 Å². The van der Waals surface area contributed by atoms with Gasteiger partial charge in [-0.05, 0) is 6.07 Å². The topological polar surface area (TPSA) is 88.6 Å². The first-order valence-electron chi connectivity index (χ1n) is 7.21. The number of fused-ring (bicyclic) bond motifs is 2. The lowest BCUT2D eigenvalue weighted by atomic mass is 9.95. The number of nitrogens with zero attached hydrogens (tertiary/aromatic N) is 1. The van der Waals surface area contributed by atoms with E-state index in [2.05, 4.69) is 0 Å². The van der Waals surface area contributed by atoms with E-state index in [9.17, 15) is 24.0 Å². The highest BCUT2D eigenvalue weighted by Gasteiger charge is 2.50. The zero-order valence-electron chi connectivity index (χ0n) is 12.2. The molecule has 0 spiro atoms. The van der Waals surface area contributed by atoms with E-state index in [0.29, 0.717) is 4.90 Å². The summed E-state index contributed by atoms with van der Waals surface area (Å²) in [5, 5.41) is 0. The lowest BCUT2D eigenvalue weighted by molar-refractivity contribution is -0.125. The zero-order chi connectivity index (χ0) is 17.0. The minimum absolute atomic E-state index is 0.0126. The van der Waals surface area contributed by atoms with E-state index in [0.717, 1.165) is 0 Å². The molecule has 2 amide bonds. The third kappa shape index (κ3) is 1.68. The van der Waals surface area contributed by atoms with Crippen molar-refractivity contribution in [1.82, 2.24) is 4.90 Å². The van der Waals surface area contributed by atoms with Crippen LogP contribution in [0.25, 0.3) is 0 Å². The first-order chi connectivity index (χ1) is 11.5. The summed E-state index contributed by atoms with van der Waals surface area (Å²) in [5.74, 6) is -4.16. The molecule has 0 atom stereocenters. The molecule has 24 heavy (non-hydrogen) atoms. The Morgan fingerprint density at radius 2 is 1.04 bits per heavy atom. The Morgan fingerprint density at radius 3 is 1.58 bits per heavy atom. The highest BCUT2D eigenvalue weighted by atomic mass is 16.2. The largest absolute Gasteiger partial charge is 0.302 e. The molecule has 116 valence electrons. The molecule has 6 heteroatoms. The summed E-state index contributed by atoms with van der Waals surface area (Å²) in [5.41, 5.74) is 0.302. The van der Waals surface area contributed by atoms with Crippen LogP contribution in [0.3, 0.4) is 0 Å². The summed E-state index contributed by atoms with van der Waals surface area (Å²) < 4.78 is 0. The molecule has 0 aromatic heterocycles. The van der Waals surface area contributed by atoms with Gasteiger partial charge >= 0.3 is 5.91 Å². The molecule has 0 fully saturated rings. The first-order valence-corrected chi connectivity index (χ1v) is 7.21. The minimum atomic E-state index is -1.61. The van der Waals surface area contributed by atoms with Gasteiger partial charge in [-0.15, -0.1) is 0 Å². The molecular formula is C18H9NO5. The summed E-state index contributed by atoms with van der Waals surface area (Å²) in [7, 11) is 0. The average molecular weight is 319 g/mol. The van der Waals surface area contributed by atoms with Crippen LogP contribution < -0.4 is 0 Å². The van der Waals surface area contributed by atoms with Gasteiger partial charge in [0.1, 0.15) is 0 Å². The van der Waals surface area contributed by atoms with Crippen LogP contribution in [-0.2, 0) is 4.79 Å². The lowest BCUT2D eigenvalue weighted by Crippen LogP contribution is -2.55. The first kappa shape index (κ1) is 14.2. The van der Waals surface area contributed by atoms with E-state index in [1.165, 1.54) is 30.3 Å². The number of rotatable bonds is 1. The van der Waals surface area contributed by atoms with Crippen molar-refractivity contribution in [3.63, 3.8) is 0 Å². The molecule has 0 saturated heterocycles. The summed E-state index contributed by atoms with van der Waals surface area (Å²) >= 11 is 0. The predicted octanol–water partition coefficient (Wildman–Crippen LogP) is 1.30. The molecular weight excluding hydrogens is 310 g/mol. The van der Waals surface area contributed by atoms with E-state index < -0.39 is 35.2 Å². The van der Waals surface area contributed by atoms with Crippen LogP contribution in [0.1, 0.15) is 41.4 Å². The summed E-state index contributed by atoms with van der Waals surface area (Å²) in [6.45, 7) is 0. The molecule has 4 rings (SSSR count). The number of imide groups is 1. The molecule has 2 aliphatic rings. The number of benzene rings is 2. The second kappa shape index (κ2) is 4.79. The SMILES string of the molecule is O=C1C(=O)N(C2C(=O)c3ccccc3C2=O)C(=O)c2ccccc21. The highest BCUT2D eigenvalue weighted by molar-refractivity contribution is 6.51. The predicted molar refractivity (Wildman–Crippen MR) is 80.8 cm³/mol. The van der Waals surface area contributed by atoms with E-state index in [1.54, 1.807) is 18.2 Å². The number of amides is 2. The Balaban J connectivity index is 1.86. The second-order valence-electron chi connectivity index (χ2n) is 5.53. The van der Waals surface area contributed by atoms with Crippen LogP contribution in [0.5, 0.6) is 0 Å². The average Bonchev–Trinajstić information content (AvgIpc) is 2.86. The van der Waals surface area contributed by atoms with E-state index >= 15 is 0 Å². The van der Waals surface area contributed by atoms with Crippen molar-refractivity contribution in [3.8, 4) is 0 Å². The van der Waals surface area contributed by atoms with E-state index in [4.69, 9.17) is 0 Å². The summed E-state index contributed by atoms with van der Waals surface area (Å²) in [6.07, 6.45) is 0. The Hall–Kier alpha value is -3.41. The smallest absolute Gasteiger partial charge is 0.291 e. The van der Waals surface area contributed by atoms with Gasteiger partial charge in [0.05, 0.1) is 5.56 Å². The molecule has 0 N–H and O–H groups in total. The fourth-order valence-electron chi connectivity index (χ4n) is 3.11. The maximum absolute atomic E-state index is 12.7. The molecule has 0 radical (unpaired) electrons. The number of carbonyl (C=O) groups excluding carboxylic acids is 5. The van der Waals surface area contributed by atoms with Crippen LogP contribution in [0.4, 0.5) is 0 Å². The standard InChI is InChI=1S/C18H9NO5/c20-14-9-5-1-2-6-10(9)15(21)13(14)19-17(23)12-8-4-3-7-11(12)16(22)18(19)24/h1-8,13H. The molecule has 2 aromatic rings. The van der Waals surface area contributed by atoms with Crippen molar-refractivity contribution >= 4 is 29.2 Å². The summed E-state index contributed by atoms with van der Waals surface area (Å²) in [6, 6.07) is 10.3. The lowest BCUT2D eigenvalue weighted by Gasteiger charge is -2.28. The fourth-order valence-corrected chi connectivity index (χ4v) is 3.11. The highest BCUT2D eigenvalue weighted by Crippen LogP contribution is 2.30. The Labute approximate surface area is 135 Å². The number of hydrogen-bond acceptors (Lipinski definition) is 5. The molecule has 1 heterocycles. The third-order valence-corrected chi connectivity index (χ3v) is 4.25. The van der Waals surface area contributed by atoms with Gasteiger partial charge < -0.3 is 0 Å². The van der Waals surface area contributed by atoms with Gasteiger partial charge in [0.15, 0.2) is 17.6 Å². The van der Waals surface area contributed by atoms with E-state index in [1.807, 2.05) is 0 Å². The number of ketones is 3. The van der Waals surface area contributed by atoms with Crippen molar-refractivity contribution in [2.24, 2.45) is 0 Å². The fraction of sp³-hybridized carbons (Fsp3) is 0.0556. The minimum Gasteiger partial charge on any atom is -0.291 e. The number of Topliss-reactive ketones (excluding diaryl/α,β-unsaturated/α-hetero) is 3. The van der Waals surface area contributed by atoms with Crippen molar-refractivity contribution in [3.05, 3.63) is 70.8 Å². The van der Waals surface area contributed by atoms with Crippen molar-refractivity contribution in [2.45, 2.75) is 6.04 Å². The van der Waals surface area contributed by atoms with Crippen LogP contribution in [-0.4, -0.2) is 40.1 Å². The van der Waals surface area contributed by atoms with E-state index in [-0.39, 0.29) is 22.3 Å². The van der Waals surface area contributed by atoms with Gasteiger partial charge in [-0.25, -0.2) is 0 Å². The Morgan fingerprint density at radius 1 is 0.583 bits per heavy atom. The Bertz CT molecular complexity index is 940. The summed E-state index contributed by atoms with van der Waals surface area (Å²) in [4.78, 5) is 62.8. The van der Waals surface area contributed by atoms with Crippen LogP contribution in [0.2, 0.25) is 0 Å². The third-order valence-electron chi connectivity index (χ3n) is 4.25.